The molecule has 5 rings (SSSR count). The van der Waals surface area contributed by atoms with Gasteiger partial charge in [-0.1, -0.05) is 92.2 Å². The average molecular weight is 554 g/mol. The SMILES string of the molecule is COc1ccc(-c2cc(-c3ccc(C)cc3)nc(SCC(=O)N(C3CCCCC3)C3CCCCC3)c2C#N)cc1. The van der Waals surface area contributed by atoms with Crippen molar-refractivity contribution in [2.75, 3.05) is 12.9 Å². The zero-order chi connectivity index (χ0) is 27.9. The lowest BCUT2D eigenvalue weighted by molar-refractivity contribution is -0.135. The number of hydrogen-bond acceptors (Lipinski definition) is 5. The number of carbonyl (C=O) groups excluding carboxylic acids is 1. The van der Waals surface area contributed by atoms with Crippen LogP contribution < -0.4 is 4.74 Å². The Morgan fingerprint density at radius 2 is 1.50 bits per heavy atom. The molecule has 2 saturated carbocycles. The van der Waals surface area contributed by atoms with Crippen LogP contribution in [0.25, 0.3) is 22.4 Å². The minimum absolute atomic E-state index is 0.196. The number of nitriles is 1. The smallest absolute Gasteiger partial charge is 0.233 e. The molecule has 0 unspecified atom stereocenters. The first-order valence-electron chi connectivity index (χ1n) is 14.7. The number of amides is 1. The second-order valence-electron chi connectivity index (χ2n) is 11.1. The third-order valence-electron chi connectivity index (χ3n) is 8.40. The lowest BCUT2D eigenvalue weighted by Crippen LogP contribution is -2.49. The van der Waals surface area contributed by atoms with Crippen LogP contribution in [0.5, 0.6) is 5.75 Å². The number of pyridine rings is 1. The summed E-state index contributed by atoms with van der Waals surface area (Å²) in [6.45, 7) is 2.07. The molecule has 5 nitrogen and oxygen atoms in total. The number of benzene rings is 2. The summed E-state index contributed by atoms with van der Waals surface area (Å²) >= 11 is 1.42. The number of nitrogens with zero attached hydrogens (tertiary/aromatic N) is 3. The molecule has 1 heterocycles. The molecule has 3 aromatic rings. The van der Waals surface area contributed by atoms with E-state index < -0.39 is 0 Å². The molecule has 0 saturated heterocycles. The van der Waals surface area contributed by atoms with E-state index in [1.165, 1.54) is 55.9 Å². The summed E-state index contributed by atoms with van der Waals surface area (Å²) in [5.74, 6) is 1.26. The molecule has 0 aliphatic heterocycles. The van der Waals surface area contributed by atoms with Crippen molar-refractivity contribution in [1.29, 1.82) is 5.26 Å². The standard InChI is InChI=1S/C34H39N3O2S/c1-24-13-15-26(16-14-24)32-21-30(25-17-19-29(39-2)20-18-25)31(22-35)34(36-32)40-23-33(38)37(27-9-5-3-6-10-27)28-11-7-4-8-12-28/h13-21,27-28H,3-12,23H2,1-2H3. The molecule has 0 atom stereocenters. The Labute approximate surface area is 243 Å². The van der Waals surface area contributed by atoms with Crippen molar-refractivity contribution >= 4 is 17.7 Å². The van der Waals surface area contributed by atoms with E-state index in [4.69, 9.17) is 9.72 Å². The minimum atomic E-state index is 0.196. The fourth-order valence-electron chi connectivity index (χ4n) is 6.23. The maximum atomic E-state index is 13.9. The molecule has 1 amide bonds. The number of hydrogen-bond donors (Lipinski definition) is 0. The Morgan fingerprint density at radius 3 is 2.05 bits per heavy atom. The van der Waals surface area contributed by atoms with Crippen molar-refractivity contribution in [2.24, 2.45) is 0 Å². The van der Waals surface area contributed by atoms with Crippen LogP contribution in [-0.2, 0) is 4.79 Å². The summed E-state index contributed by atoms with van der Waals surface area (Å²) in [5.41, 5.74) is 5.23. The van der Waals surface area contributed by atoms with Gasteiger partial charge in [-0.05, 0) is 56.4 Å². The van der Waals surface area contributed by atoms with Gasteiger partial charge in [-0.2, -0.15) is 5.26 Å². The van der Waals surface area contributed by atoms with Crippen molar-refractivity contribution in [3.63, 3.8) is 0 Å². The minimum Gasteiger partial charge on any atom is -0.497 e. The molecule has 6 heteroatoms. The number of thioether (sulfide) groups is 1. The van der Waals surface area contributed by atoms with Gasteiger partial charge in [0.05, 0.1) is 24.1 Å². The number of aryl methyl sites for hydroxylation is 1. The zero-order valence-corrected chi connectivity index (χ0v) is 24.5. The second kappa shape index (κ2) is 13.4. The van der Waals surface area contributed by atoms with Crippen LogP contribution in [0.4, 0.5) is 0 Å². The molecule has 208 valence electrons. The van der Waals surface area contributed by atoms with Crippen LogP contribution in [0.3, 0.4) is 0 Å². The number of aromatic nitrogens is 1. The van der Waals surface area contributed by atoms with Crippen molar-refractivity contribution in [3.05, 3.63) is 65.7 Å². The largest absolute Gasteiger partial charge is 0.497 e. The number of rotatable bonds is 8. The van der Waals surface area contributed by atoms with Crippen LogP contribution in [0.2, 0.25) is 0 Å². The number of ether oxygens (including phenoxy) is 1. The van der Waals surface area contributed by atoms with Crippen molar-refractivity contribution < 1.29 is 9.53 Å². The summed E-state index contributed by atoms with van der Waals surface area (Å²) in [4.78, 5) is 21.1. The zero-order valence-electron chi connectivity index (χ0n) is 23.7. The van der Waals surface area contributed by atoms with E-state index >= 15 is 0 Å². The molecule has 1 aromatic heterocycles. The number of methoxy groups -OCH3 is 1. The van der Waals surface area contributed by atoms with E-state index in [0.29, 0.717) is 28.4 Å². The van der Waals surface area contributed by atoms with Gasteiger partial charge in [-0.15, -0.1) is 0 Å². The third-order valence-corrected chi connectivity index (χ3v) is 9.36. The highest BCUT2D eigenvalue weighted by atomic mass is 32.2. The first-order chi connectivity index (χ1) is 19.6. The predicted octanol–water partition coefficient (Wildman–Crippen LogP) is 8.19. The van der Waals surface area contributed by atoms with Crippen LogP contribution in [0, 0.1) is 18.3 Å². The Hall–Kier alpha value is -3.30. The highest BCUT2D eigenvalue weighted by molar-refractivity contribution is 8.00. The van der Waals surface area contributed by atoms with E-state index in [-0.39, 0.29) is 5.91 Å². The topological polar surface area (TPSA) is 66.2 Å². The highest BCUT2D eigenvalue weighted by Crippen LogP contribution is 2.36. The first kappa shape index (κ1) is 28.2. The Kier molecular flexibility index (Phi) is 9.44. The molecule has 0 spiro atoms. The summed E-state index contributed by atoms with van der Waals surface area (Å²) < 4.78 is 5.35. The summed E-state index contributed by atoms with van der Waals surface area (Å²) in [6.07, 6.45) is 11.8. The van der Waals surface area contributed by atoms with Gasteiger partial charge in [-0.3, -0.25) is 4.79 Å². The molecule has 2 fully saturated rings. The molecule has 0 radical (unpaired) electrons. The molecule has 2 aliphatic rings. The van der Waals surface area contributed by atoms with Crippen LogP contribution in [0.15, 0.2) is 59.6 Å². The molecule has 40 heavy (non-hydrogen) atoms. The average Bonchev–Trinajstić information content (AvgIpc) is 3.01. The third kappa shape index (κ3) is 6.53. The molecule has 2 aromatic carbocycles. The van der Waals surface area contributed by atoms with E-state index in [2.05, 4.69) is 42.2 Å². The predicted molar refractivity (Wildman–Crippen MR) is 162 cm³/mol. The van der Waals surface area contributed by atoms with E-state index in [9.17, 15) is 10.1 Å². The van der Waals surface area contributed by atoms with Crippen molar-refractivity contribution in [3.8, 4) is 34.2 Å². The van der Waals surface area contributed by atoms with Gasteiger partial charge in [0.15, 0.2) is 0 Å². The molecule has 0 bridgehead atoms. The summed E-state index contributed by atoms with van der Waals surface area (Å²) in [5, 5.41) is 10.9. The van der Waals surface area contributed by atoms with Crippen molar-refractivity contribution in [2.45, 2.75) is 88.2 Å². The summed E-state index contributed by atoms with van der Waals surface area (Å²) in [6, 6.07) is 21.2. The molecular weight excluding hydrogens is 514 g/mol. The summed E-state index contributed by atoms with van der Waals surface area (Å²) in [7, 11) is 1.65. The van der Waals surface area contributed by atoms with Crippen LogP contribution in [-0.4, -0.2) is 40.7 Å². The van der Waals surface area contributed by atoms with Gasteiger partial charge in [0, 0.05) is 23.2 Å². The van der Waals surface area contributed by atoms with Crippen LogP contribution >= 0.6 is 11.8 Å². The lowest BCUT2D eigenvalue weighted by Gasteiger charge is -2.41. The second-order valence-corrected chi connectivity index (χ2v) is 12.1. The van der Waals surface area contributed by atoms with Gasteiger partial charge in [0.25, 0.3) is 0 Å². The normalized spacial score (nSPS) is 16.3. The van der Waals surface area contributed by atoms with Gasteiger partial charge in [0.1, 0.15) is 16.8 Å². The van der Waals surface area contributed by atoms with E-state index in [1.54, 1.807) is 7.11 Å². The lowest BCUT2D eigenvalue weighted by atomic mass is 9.88. The first-order valence-corrected chi connectivity index (χ1v) is 15.7. The van der Waals surface area contributed by atoms with E-state index in [1.807, 2.05) is 30.3 Å². The Bertz CT molecular complexity index is 1320. The Balaban J connectivity index is 1.48. The Morgan fingerprint density at radius 1 is 0.925 bits per heavy atom. The van der Waals surface area contributed by atoms with Gasteiger partial charge < -0.3 is 9.64 Å². The molecule has 0 N–H and O–H groups in total. The van der Waals surface area contributed by atoms with Gasteiger partial charge >= 0.3 is 0 Å². The number of carbonyl (C=O) groups is 1. The maximum absolute atomic E-state index is 13.9. The molecular formula is C34H39N3O2S. The fourth-order valence-corrected chi connectivity index (χ4v) is 7.11. The quantitative estimate of drug-likeness (QED) is 0.263. The monoisotopic (exact) mass is 553 g/mol. The maximum Gasteiger partial charge on any atom is 0.233 e. The fraction of sp³-hybridized carbons (Fsp3) is 0.441. The highest BCUT2D eigenvalue weighted by Gasteiger charge is 2.32. The van der Waals surface area contributed by atoms with Gasteiger partial charge in [0.2, 0.25) is 5.91 Å². The van der Waals surface area contributed by atoms with Gasteiger partial charge in [-0.25, -0.2) is 4.98 Å². The van der Waals surface area contributed by atoms with E-state index in [0.717, 1.165) is 53.8 Å². The van der Waals surface area contributed by atoms with Crippen molar-refractivity contribution in [1.82, 2.24) is 9.88 Å². The molecule has 2 aliphatic carbocycles. The van der Waals surface area contributed by atoms with Crippen LogP contribution in [0.1, 0.15) is 75.3 Å².